The van der Waals surface area contributed by atoms with E-state index in [9.17, 15) is 13.2 Å². The van der Waals surface area contributed by atoms with Gasteiger partial charge in [0.1, 0.15) is 11.5 Å². The largest absolute Gasteiger partial charge is 0.457 e. The summed E-state index contributed by atoms with van der Waals surface area (Å²) in [5, 5.41) is 2.85. The van der Waals surface area contributed by atoms with Crippen molar-refractivity contribution in [2.24, 2.45) is 0 Å². The molecule has 1 amide bonds. The molecule has 0 unspecified atom stereocenters. The predicted molar refractivity (Wildman–Crippen MR) is 146 cm³/mol. The summed E-state index contributed by atoms with van der Waals surface area (Å²) in [4.78, 5) is 14.0. The Morgan fingerprint density at radius 1 is 0.833 bits per heavy atom. The number of carbonyl (C=O) groups excluding carboxylic acids is 1. The van der Waals surface area contributed by atoms with Crippen LogP contribution >= 0.6 is 11.8 Å². The number of hydrogen-bond acceptors (Lipinski definition) is 5. The van der Waals surface area contributed by atoms with Crippen LogP contribution in [-0.2, 0) is 10.0 Å². The van der Waals surface area contributed by atoms with Gasteiger partial charge < -0.3 is 10.1 Å². The van der Waals surface area contributed by atoms with Crippen molar-refractivity contribution in [1.82, 2.24) is 0 Å². The predicted octanol–water partition coefficient (Wildman–Crippen LogP) is 6.67. The summed E-state index contributed by atoms with van der Waals surface area (Å²) in [7, 11) is -3.73. The Morgan fingerprint density at radius 2 is 1.44 bits per heavy atom. The van der Waals surface area contributed by atoms with Crippen LogP contribution in [0.2, 0.25) is 0 Å². The van der Waals surface area contributed by atoms with Crippen molar-refractivity contribution in [2.45, 2.75) is 16.7 Å². The molecule has 0 aliphatic heterocycles. The molecule has 0 spiro atoms. The molecule has 0 fully saturated rings. The topological polar surface area (TPSA) is 75.7 Å². The second-order valence-corrected chi connectivity index (χ2v) is 10.5. The minimum absolute atomic E-state index is 0.226. The van der Waals surface area contributed by atoms with Crippen LogP contribution in [0.15, 0.2) is 113 Å². The molecule has 4 aromatic carbocycles. The van der Waals surface area contributed by atoms with Gasteiger partial charge in [-0.25, -0.2) is 8.42 Å². The third-order valence-corrected chi connectivity index (χ3v) is 8.10. The lowest BCUT2D eigenvalue weighted by molar-refractivity contribution is 0.102. The highest BCUT2D eigenvalue weighted by Gasteiger charge is 2.23. The first-order valence-electron chi connectivity index (χ1n) is 11.3. The van der Waals surface area contributed by atoms with Gasteiger partial charge in [0.15, 0.2) is 0 Å². The minimum Gasteiger partial charge on any atom is -0.457 e. The highest BCUT2D eigenvalue weighted by Crippen LogP contribution is 2.26. The Hall–Kier alpha value is -3.75. The standard InChI is InChI=1S/C28H26N2O4S2/c1-3-30(36(32,33)27-19-17-26(35-2)18-20-27)23-13-9-21(10-14-23)28(31)29-22-11-15-25(16-12-22)34-24-7-5-4-6-8-24/h4-20H,3H2,1-2H3,(H,29,31). The molecule has 4 rings (SSSR count). The Bertz CT molecular complexity index is 1410. The fraction of sp³-hybridized carbons (Fsp3) is 0.107. The first-order chi connectivity index (χ1) is 17.4. The number of carbonyl (C=O) groups is 1. The van der Waals surface area contributed by atoms with Crippen molar-refractivity contribution < 1.29 is 17.9 Å². The van der Waals surface area contributed by atoms with Crippen LogP contribution in [0.3, 0.4) is 0 Å². The van der Waals surface area contributed by atoms with E-state index in [1.54, 1.807) is 91.5 Å². The summed E-state index contributed by atoms with van der Waals surface area (Å²) < 4.78 is 33.5. The monoisotopic (exact) mass is 518 g/mol. The van der Waals surface area contributed by atoms with Gasteiger partial charge in [-0.15, -0.1) is 11.8 Å². The lowest BCUT2D eigenvalue weighted by Crippen LogP contribution is -2.30. The van der Waals surface area contributed by atoms with Crippen molar-refractivity contribution in [3.05, 3.63) is 109 Å². The van der Waals surface area contributed by atoms with Crippen LogP contribution in [0.25, 0.3) is 0 Å². The molecule has 0 heterocycles. The Labute approximate surface area is 216 Å². The van der Waals surface area contributed by atoms with E-state index in [4.69, 9.17) is 4.74 Å². The summed E-state index contributed by atoms with van der Waals surface area (Å²) in [5.41, 5.74) is 1.53. The highest BCUT2D eigenvalue weighted by atomic mass is 32.2. The van der Waals surface area contributed by atoms with E-state index in [1.165, 1.54) is 4.31 Å². The molecule has 0 radical (unpaired) electrons. The Balaban J connectivity index is 1.43. The molecule has 184 valence electrons. The summed E-state index contributed by atoms with van der Waals surface area (Å²) in [5.74, 6) is 1.10. The number of nitrogens with one attached hydrogen (secondary N) is 1. The van der Waals surface area contributed by atoms with Crippen LogP contribution in [0, 0.1) is 0 Å². The van der Waals surface area contributed by atoms with Crippen LogP contribution in [0.1, 0.15) is 17.3 Å². The minimum atomic E-state index is -3.73. The number of rotatable bonds is 9. The molecule has 0 aliphatic carbocycles. The number of ether oxygens (including phenoxy) is 1. The molecule has 0 bridgehead atoms. The van der Waals surface area contributed by atoms with E-state index >= 15 is 0 Å². The molecule has 0 saturated carbocycles. The van der Waals surface area contributed by atoms with Crippen molar-refractivity contribution in [1.29, 1.82) is 0 Å². The van der Waals surface area contributed by atoms with Crippen LogP contribution < -0.4 is 14.4 Å². The highest BCUT2D eigenvalue weighted by molar-refractivity contribution is 7.98. The molecule has 0 aromatic heterocycles. The first-order valence-corrected chi connectivity index (χ1v) is 14.0. The van der Waals surface area contributed by atoms with Crippen molar-refractivity contribution in [3.8, 4) is 11.5 Å². The average Bonchev–Trinajstić information content (AvgIpc) is 2.91. The second-order valence-electron chi connectivity index (χ2n) is 7.79. The number of amides is 1. The van der Waals surface area contributed by atoms with Gasteiger partial charge in [-0.2, -0.15) is 0 Å². The molecule has 8 heteroatoms. The van der Waals surface area contributed by atoms with Gasteiger partial charge in [0.2, 0.25) is 0 Å². The van der Waals surface area contributed by atoms with Crippen molar-refractivity contribution in [2.75, 3.05) is 22.4 Å². The van der Waals surface area contributed by atoms with Gasteiger partial charge in [0.05, 0.1) is 10.6 Å². The van der Waals surface area contributed by atoms with Crippen molar-refractivity contribution in [3.63, 3.8) is 0 Å². The molecular weight excluding hydrogens is 492 g/mol. The molecule has 0 saturated heterocycles. The normalized spacial score (nSPS) is 11.1. The number of sulfonamides is 1. The summed E-state index contributed by atoms with van der Waals surface area (Å²) in [6, 6.07) is 29.9. The van der Waals surface area contributed by atoms with Gasteiger partial charge in [-0.05, 0) is 98.1 Å². The zero-order valence-electron chi connectivity index (χ0n) is 19.9. The Kier molecular flexibility index (Phi) is 7.97. The van der Waals surface area contributed by atoms with Gasteiger partial charge in [-0.3, -0.25) is 9.10 Å². The quantitative estimate of drug-likeness (QED) is 0.251. The fourth-order valence-electron chi connectivity index (χ4n) is 3.58. The lowest BCUT2D eigenvalue weighted by Gasteiger charge is -2.23. The maximum atomic E-state index is 13.2. The summed E-state index contributed by atoms with van der Waals surface area (Å²) in [6.45, 7) is 2.04. The summed E-state index contributed by atoms with van der Waals surface area (Å²) in [6.07, 6.45) is 1.94. The third-order valence-electron chi connectivity index (χ3n) is 5.44. The van der Waals surface area contributed by atoms with E-state index in [1.807, 2.05) is 36.6 Å². The van der Waals surface area contributed by atoms with E-state index in [2.05, 4.69) is 5.32 Å². The number of para-hydroxylation sites is 1. The van der Waals surface area contributed by atoms with Crippen molar-refractivity contribution >= 4 is 39.1 Å². The lowest BCUT2D eigenvalue weighted by atomic mass is 10.2. The number of hydrogen-bond donors (Lipinski definition) is 1. The molecule has 36 heavy (non-hydrogen) atoms. The third kappa shape index (κ3) is 5.90. The maximum Gasteiger partial charge on any atom is 0.264 e. The van der Waals surface area contributed by atoms with Gasteiger partial charge >= 0.3 is 0 Å². The van der Waals surface area contributed by atoms with Crippen LogP contribution in [-0.4, -0.2) is 27.1 Å². The second kappa shape index (κ2) is 11.3. The van der Waals surface area contributed by atoms with E-state index < -0.39 is 10.0 Å². The van der Waals surface area contributed by atoms with Crippen LogP contribution in [0.5, 0.6) is 11.5 Å². The number of anilines is 2. The maximum absolute atomic E-state index is 13.2. The molecule has 0 atom stereocenters. The zero-order chi connectivity index (χ0) is 25.5. The molecule has 6 nitrogen and oxygen atoms in total. The number of nitrogens with zero attached hydrogens (tertiary/aromatic N) is 1. The smallest absolute Gasteiger partial charge is 0.264 e. The Morgan fingerprint density at radius 3 is 2.03 bits per heavy atom. The van der Waals surface area contributed by atoms with Gasteiger partial charge in [0.25, 0.3) is 15.9 Å². The number of thioether (sulfide) groups is 1. The van der Waals surface area contributed by atoms with Gasteiger partial charge in [-0.1, -0.05) is 18.2 Å². The van der Waals surface area contributed by atoms with Gasteiger partial charge in [0, 0.05) is 22.7 Å². The number of benzene rings is 4. The summed E-state index contributed by atoms with van der Waals surface area (Å²) >= 11 is 1.55. The zero-order valence-corrected chi connectivity index (χ0v) is 21.6. The van der Waals surface area contributed by atoms with E-state index in [0.29, 0.717) is 22.7 Å². The molecule has 0 aliphatic rings. The first kappa shape index (κ1) is 25.3. The van der Waals surface area contributed by atoms with E-state index in [-0.39, 0.29) is 17.3 Å². The average molecular weight is 519 g/mol. The molecule has 4 aromatic rings. The van der Waals surface area contributed by atoms with Crippen LogP contribution in [0.4, 0.5) is 11.4 Å². The SMILES string of the molecule is CCN(c1ccc(C(=O)Nc2ccc(Oc3ccccc3)cc2)cc1)S(=O)(=O)c1ccc(SC)cc1. The molecule has 1 N–H and O–H groups in total. The fourth-order valence-corrected chi connectivity index (χ4v) is 5.46. The van der Waals surface area contributed by atoms with E-state index in [0.717, 1.165) is 10.6 Å². The molecular formula is C28H26N2O4S2.